The highest BCUT2D eigenvalue weighted by molar-refractivity contribution is 6.33. The normalized spacial score (nSPS) is 11.0. The summed E-state index contributed by atoms with van der Waals surface area (Å²) in [6, 6.07) is 19.0. The number of hydrazone groups is 1. The highest BCUT2D eigenvalue weighted by Gasteiger charge is 2.16. The molecule has 0 saturated heterocycles. The summed E-state index contributed by atoms with van der Waals surface area (Å²) in [5, 5.41) is 5.13. The van der Waals surface area contributed by atoms with Crippen molar-refractivity contribution in [1.82, 2.24) is 10.4 Å². The van der Waals surface area contributed by atoms with Crippen molar-refractivity contribution in [2.75, 3.05) is 7.11 Å². The Balaban J connectivity index is 1.50. The Hall–Kier alpha value is -4.23. The molecule has 0 spiro atoms. The van der Waals surface area contributed by atoms with Crippen molar-refractivity contribution in [3.63, 3.8) is 0 Å². The number of carbonyl (C=O) groups is 2. The fourth-order valence-electron chi connectivity index (χ4n) is 3.52. The number of hydrogen-bond donors (Lipinski definition) is 1. The maximum Gasteiger partial charge on any atom is 0.345 e. The SMILES string of the molecule is COc1cc(C=NNC(=O)c2cc(C)nc3ccc(C)cc23)ccc1OC(=O)c1ccccc1Cl. The van der Waals surface area contributed by atoms with E-state index < -0.39 is 5.97 Å². The summed E-state index contributed by atoms with van der Waals surface area (Å²) in [5.41, 5.74) is 6.45. The van der Waals surface area contributed by atoms with Crippen LogP contribution in [0.5, 0.6) is 11.5 Å². The van der Waals surface area contributed by atoms with Crippen LogP contribution in [-0.4, -0.2) is 30.2 Å². The second-order valence-corrected chi connectivity index (χ2v) is 8.22. The van der Waals surface area contributed by atoms with Gasteiger partial charge in [-0.1, -0.05) is 35.4 Å². The van der Waals surface area contributed by atoms with Gasteiger partial charge >= 0.3 is 5.97 Å². The number of carbonyl (C=O) groups excluding carboxylic acids is 2. The maximum absolute atomic E-state index is 12.8. The minimum absolute atomic E-state index is 0.229. The van der Waals surface area contributed by atoms with Crippen molar-refractivity contribution in [3.8, 4) is 11.5 Å². The van der Waals surface area contributed by atoms with E-state index in [0.717, 1.165) is 22.2 Å². The van der Waals surface area contributed by atoms with Gasteiger partial charge < -0.3 is 9.47 Å². The third-order valence-corrected chi connectivity index (χ3v) is 5.53. The van der Waals surface area contributed by atoms with Crippen LogP contribution in [0.4, 0.5) is 0 Å². The van der Waals surface area contributed by atoms with Crippen LogP contribution in [0.2, 0.25) is 5.02 Å². The summed E-state index contributed by atoms with van der Waals surface area (Å²) in [4.78, 5) is 29.8. The van der Waals surface area contributed by atoms with E-state index in [9.17, 15) is 9.59 Å². The van der Waals surface area contributed by atoms with Crippen LogP contribution >= 0.6 is 11.6 Å². The number of nitrogens with one attached hydrogen (secondary N) is 1. The molecular weight excluding hydrogens is 466 g/mol. The molecule has 8 heteroatoms. The lowest BCUT2D eigenvalue weighted by atomic mass is 10.1. The number of amides is 1. The molecule has 1 amide bonds. The van der Waals surface area contributed by atoms with Crippen molar-refractivity contribution >= 4 is 40.6 Å². The lowest BCUT2D eigenvalue weighted by molar-refractivity contribution is 0.0729. The van der Waals surface area contributed by atoms with E-state index in [-0.39, 0.29) is 17.2 Å². The molecule has 0 fully saturated rings. The van der Waals surface area contributed by atoms with E-state index in [2.05, 4.69) is 15.5 Å². The lowest BCUT2D eigenvalue weighted by Gasteiger charge is -2.10. The number of ether oxygens (including phenoxy) is 2. The minimum Gasteiger partial charge on any atom is -0.493 e. The molecule has 0 aliphatic heterocycles. The van der Waals surface area contributed by atoms with Crippen LogP contribution in [0.15, 0.2) is 71.8 Å². The molecule has 176 valence electrons. The number of fused-ring (bicyclic) bond motifs is 1. The van der Waals surface area contributed by atoms with Crippen LogP contribution in [0, 0.1) is 13.8 Å². The van der Waals surface area contributed by atoms with Gasteiger partial charge in [-0.05, 0) is 67.9 Å². The van der Waals surface area contributed by atoms with E-state index in [4.69, 9.17) is 21.1 Å². The van der Waals surface area contributed by atoms with Crippen molar-refractivity contribution < 1.29 is 19.1 Å². The highest BCUT2D eigenvalue weighted by Crippen LogP contribution is 2.29. The van der Waals surface area contributed by atoms with Gasteiger partial charge in [0.25, 0.3) is 5.91 Å². The fourth-order valence-corrected chi connectivity index (χ4v) is 3.73. The van der Waals surface area contributed by atoms with E-state index in [0.29, 0.717) is 21.9 Å². The first-order valence-corrected chi connectivity index (χ1v) is 11.1. The Morgan fingerprint density at radius 3 is 2.54 bits per heavy atom. The molecule has 0 saturated carbocycles. The monoisotopic (exact) mass is 487 g/mol. The van der Waals surface area contributed by atoms with Crippen LogP contribution in [0.25, 0.3) is 10.9 Å². The summed E-state index contributed by atoms with van der Waals surface area (Å²) in [6.45, 7) is 3.80. The summed E-state index contributed by atoms with van der Waals surface area (Å²) in [5.74, 6) is -0.392. The highest BCUT2D eigenvalue weighted by atomic mass is 35.5. The summed E-state index contributed by atoms with van der Waals surface area (Å²) < 4.78 is 10.8. The average Bonchev–Trinajstić information content (AvgIpc) is 2.84. The third-order valence-electron chi connectivity index (χ3n) is 5.20. The zero-order chi connectivity index (χ0) is 24.9. The molecule has 1 N–H and O–H groups in total. The van der Waals surface area contributed by atoms with Gasteiger partial charge in [-0.2, -0.15) is 5.10 Å². The van der Waals surface area contributed by atoms with Crippen LogP contribution in [0.1, 0.15) is 37.5 Å². The third kappa shape index (κ3) is 5.47. The molecule has 1 heterocycles. The second-order valence-electron chi connectivity index (χ2n) is 7.81. The molecule has 35 heavy (non-hydrogen) atoms. The Labute approximate surface area is 207 Å². The van der Waals surface area contributed by atoms with Crippen LogP contribution in [0.3, 0.4) is 0 Å². The van der Waals surface area contributed by atoms with Gasteiger partial charge in [-0.15, -0.1) is 0 Å². The van der Waals surface area contributed by atoms with Crippen molar-refractivity contribution in [3.05, 3.63) is 99.7 Å². The first-order chi connectivity index (χ1) is 16.9. The molecule has 3 aromatic carbocycles. The molecule has 4 aromatic rings. The number of aryl methyl sites for hydroxylation is 2. The molecule has 4 rings (SSSR count). The average molecular weight is 488 g/mol. The second kappa shape index (κ2) is 10.4. The molecule has 0 unspecified atom stereocenters. The Bertz CT molecular complexity index is 1470. The molecular formula is C27H22ClN3O4. The van der Waals surface area contributed by atoms with Gasteiger partial charge in [0, 0.05) is 11.1 Å². The molecule has 1 aromatic heterocycles. The predicted octanol–water partition coefficient (Wildman–Crippen LogP) is 5.50. The lowest BCUT2D eigenvalue weighted by Crippen LogP contribution is -2.18. The minimum atomic E-state index is -0.599. The number of nitrogens with zero attached hydrogens (tertiary/aromatic N) is 2. The topological polar surface area (TPSA) is 89.9 Å². The van der Waals surface area contributed by atoms with Crippen molar-refractivity contribution in [2.45, 2.75) is 13.8 Å². The van der Waals surface area contributed by atoms with Gasteiger partial charge in [0.05, 0.1) is 35.0 Å². The molecule has 0 radical (unpaired) electrons. The Morgan fingerprint density at radius 2 is 1.77 bits per heavy atom. The van der Waals surface area contributed by atoms with E-state index in [1.807, 2.05) is 32.0 Å². The number of hydrogen-bond acceptors (Lipinski definition) is 6. The number of benzene rings is 3. The maximum atomic E-state index is 12.8. The molecule has 0 aliphatic rings. The van der Waals surface area contributed by atoms with E-state index in [1.54, 1.807) is 48.5 Å². The molecule has 7 nitrogen and oxygen atoms in total. The number of halogens is 1. The Kier molecular flexibility index (Phi) is 7.08. The first-order valence-electron chi connectivity index (χ1n) is 10.7. The standard InChI is InChI=1S/C27H22ClN3O4/c1-16-8-10-23-20(12-16)21(13-17(2)30-23)26(32)31-29-15-18-9-11-24(25(14-18)34-3)35-27(33)19-6-4-5-7-22(19)28/h4-15H,1-3H3,(H,31,32). The summed E-state index contributed by atoms with van der Waals surface area (Å²) >= 11 is 6.07. The quantitative estimate of drug-likeness (QED) is 0.168. The first kappa shape index (κ1) is 23.9. The van der Waals surface area contributed by atoms with Crippen molar-refractivity contribution in [1.29, 1.82) is 0 Å². The number of pyridine rings is 1. The molecule has 0 bridgehead atoms. The van der Waals surface area contributed by atoms with Crippen LogP contribution < -0.4 is 14.9 Å². The smallest absolute Gasteiger partial charge is 0.345 e. The number of esters is 1. The largest absolute Gasteiger partial charge is 0.493 e. The van der Waals surface area contributed by atoms with E-state index >= 15 is 0 Å². The summed E-state index contributed by atoms with van der Waals surface area (Å²) in [6.07, 6.45) is 1.47. The number of methoxy groups -OCH3 is 1. The van der Waals surface area contributed by atoms with Gasteiger partial charge in [0.2, 0.25) is 0 Å². The van der Waals surface area contributed by atoms with E-state index in [1.165, 1.54) is 13.3 Å². The molecule has 0 atom stereocenters. The van der Waals surface area contributed by atoms with Gasteiger partial charge in [0.15, 0.2) is 11.5 Å². The predicted molar refractivity (Wildman–Crippen MR) is 136 cm³/mol. The van der Waals surface area contributed by atoms with Gasteiger partial charge in [0.1, 0.15) is 0 Å². The zero-order valence-corrected chi connectivity index (χ0v) is 20.1. The van der Waals surface area contributed by atoms with Gasteiger partial charge in [-0.25, -0.2) is 10.2 Å². The number of aromatic nitrogens is 1. The summed E-state index contributed by atoms with van der Waals surface area (Å²) in [7, 11) is 1.46. The zero-order valence-electron chi connectivity index (χ0n) is 19.3. The number of rotatable bonds is 6. The molecule has 0 aliphatic carbocycles. The van der Waals surface area contributed by atoms with Gasteiger partial charge in [-0.3, -0.25) is 9.78 Å². The Morgan fingerprint density at radius 1 is 0.971 bits per heavy atom. The van der Waals surface area contributed by atoms with Crippen LogP contribution in [-0.2, 0) is 0 Å². The van der Waals surface area contributed by atoms with Crippen molar-refractivity contribution in [2.24, 2.45) is 5.10 Å². The fraction of sp³-hybridized carbons (Fsp3) is 0.111.